The monoisotopic (exact) mass is 240 g/mol. The Bertz CT molecular complexity index is 435. The van der Waals surface area contributed by atoms with Crippen LogP contribution in [-0.4, -0.2) is 14.4 Å². The lowest BCUT2D eigenvalue weighted by atomic mass is 10.3. The van der Waals surface area contributed by atoms with E-state index in [4.69, 9.17) is 5.73 Å². The van der Waals surface area contributed by atoms with Gasteiger partial charge in [-0.25, -0.2) is 9.97 Å². The van der Waals surface area contributed by atoms with Gasteiger partial charge in [-0.05, 0) is 22.9 Å². The number of halogens is 1. The predicted molar refractivity (Wildman–Crippen MR) is 53.3 cm³/mol. The quantitative estimate of drug-likeness (QED) is 0.823. The molecule has 13 heavy (non-hydrogen) atoms. The lowest BCUT2D eigenvalue weighted by Crippen LogP contribution is -2.04. The van der Waals surface area contributed by atoms with E-state index < -0.39 is 0 Å². The molecule has 2 rings (SSSR count). The van der Waals surface area contributed by atoms with Crippen LogP contribution in [-0.2, 0) is 0 Å². The third-order valence-electron chi connectivity index (χ3n) is 1.76. The molecule has 1 unspecified atom stereocenters. The number of nitrogens with two attached hydrogens (primary N) is 1. The standard InChI is InChI=1S/C8H9BrN4/c1-5(10)7-4-13-3-6(9)2-11-8(13)12-7/h2-5H,10H2,1H3. The molecule has 0 bridgehead atoms. The first kappa shape index (κ1) is 8.65. The summed E-state index contributed by atoms with van der Waals surface area (Å²) in [6.45, 7) is 1.90. The summed E-state index contributed by atoms with van der Waals surface area (Å²) in [6, 6.07) is -0.0551. The van der Waals surface area contributed by atoms with Crippen LogP contribution in [0.5, 0.6) is 0 Å². The van der Waals surface area contributed by atoms with Gasteiger partial charge in [0.1, 0.15) is 0 Å². The molecule has 0 aromatic carbocycles. The van der Waals surface area contributed by atoms with Crippen LogP contribution in [0.25, 0.3) is 5.78 Å². The van der Waals surface area contributed by atoms with Crippen LogP contribution in [0, 0.1) is 0 Å². The molecule has 0 spiro atoms. The minimum Gasteiger partial charge on any atom is -0.323 e. The lowest BCUT2D eigenvalue weighted by Gasteiger charge is -1.95. The third-order valence-corrected chi connectivity index (χ3v) is 2.17. The van der Waals surface area contributed by atoms with Crippen molar-refractivity contribution in [2.24, 2.45) is 5.73 Å². The van der Waals surface area contributed by atoms with Gasteiger partial charge < -0.3 is 5.73 Å². The molecule has 2 heterocycles. The average molecular weight is 241 g/mol. The summed E-state index contributed by atoms with van der Waals surface area (Å²) >= 11 is 3.34. The second-order valence-corrected chi connectivity index (χ2v) is 3.85. The Labute approximate surface area is 83.9 Å². The summed E-state index contributed by atoms with van der Waals surface area (Å²) in [6.07, 6.45) is 5.51. The summed E-state index contributed by atoms with van der Waals surface area (Å²) in [7, 11) is 0. The second-order valence-electron chi connectivity index (χ2n) is 2.93. The molecule has 68 valence electrons. The van der Waals surface area contributed by atoms with Gasteiger partial charge in [-0.2, -0.15) is 0 Å². The van der Waals surface area contributed by atoms with Gasteiger partial charge in [-0.3, -0.25) is 4.40 Å². The Hall–Kier alpha value is -0.940. The Morgan fingerprint density at radius 2 is 2.31 bits per heavy atom. The molecule has 2 N–H and O–H groups in total. The van der Waals surface area contributed by atoms with Crippen molar-refractivity contribution in [1.29, 1.82) is 0 Å². The Balaban J connectivity index is 2.62. The van der Waals surface area contributed by atoms with E-state index in [1.807, 2.05) is 23.7 Å². The van der Waals surface area contributed by atoms with Crippen LogP contribution >= 0.6 is 15.9 Å². The lowest BCUT2D eigenvalue weighted by molar-refractivity contribution is 0.789. The van der Waals surface area contributed by atoms with E-state index in [0.29, 0.717) is 5.78 Å². The number of hydrogen-bond acceptors (Lipinski definition) is 3. The molecule has 0 radical (unpaired) electrons. The van der Waals surface area contributed by atoms with Gasteiger partial charge in [0.25, 0.3) is 0 Å². The number of aromatic nitrogens is 3. The first-order chi connectivity index (χ1) is 6.16. The fourth-order valence-electron chi connectivity index (χ4n) is 1.10. The maximum absolute atomic E-state index is 5.70. The van der Waals surface area contributed by atoms with Crippen molar-refractivity contribution in [3.05, 3.63) is 28.8 Å². The molecule has 0 amide bonds. The topological polar surface area (TPSA) is 56.2 Å². The van der Waals surface area contributed by atoms with Crippen molar-refractivity contribution in [3.8, 4) is 0 Å². The first-order valence-electron chi connectivity index (χ1n) is 3.92. The molecule has 0 aliphatic heterocycles. The molecule has 0 saturated heterocycles. The molecule has 2 aromatic rings. The van der Waals surface area contributed by atoms with Crippen LogP contribution in [0.15, 0.2) is 23.1 Å². The van der Waals surface area contributed by atoms with Gasteiger partial charge >= 0.3 is 0 Å². The molecule has 1 atom stereocenters. The molecule has 0 fully saturated rings. The van der Waals surface area contributed by atoms with Gasteiger partial charge in [0.15, 0.2) is 0 Å². The smallest absolute Gasteiger partial charge is 0.234 e. The summed E-state index contributed by atoms with van der Waals surface area (Å²) in [5.74, 6) is 0.676. The van der Waals surface area contributed by atoms with Crippen molar-refractivity contribution < 1.29 is 0 Å². The summed E-state index contributed by atoms with van der Waals surface area (Å²) < 4.78 is 2.77. The molecular weight excluding hydrogens is 232 g/mol. The highest BCUT2D eigenvalue weighted by atomic mass is 79.9. The van der Waals surface area contributed by atoms with Crippen molar-refractivity contribution in [3.63, 3.8) is 0 Å². The van der Waals surface area contributed by atoms with E-state index in [-0.39, 0.29) is 6.04 Å². The Morgan fingerprint density at radius 3 is 3.00 bits per heavy atom. The van der Waals surface area contributed by atoms with Crippen molar-refractivity contribution in [2.75, 3.05) is 0 Å². The Kier molecular flexibility index (Phi) is 2.05. The molecule has 4 nitrogen and oxygen atoms in total. The summed E-state index contributed by atoms with van der Waals surface area (Å²) in [5.41, 5.74) is 6.55. The summed E-state index contributed by atoms with van der Waals surface area (Å²) in [4.78, 5) is 8.39. The van der Waals surface area contributed by atoms with Gasteiger partial charge in [0, 0.05) is 24.6 Å². The highest BCUT2D eigenvalue weighted by Gasteiger charge is 2.05. The van der Waals surface area contributed by atoms with Crippen LogP contribution in [0.3, 0.4) is 0 Å². The normalized spacial score (nSPS) is 13.5. The highest BCUT2D eigenvalue weighted by Crippen LogP contribution is 2.12. The van der Waals surface area contributed by atoms with Crippen molar-refractivity contribution in [1.82, 2.24) is 14.4 Å². The zero-order chi connectivity index (χ0) is 9.42. The fourth-order valence-corrected chi connectivity index (χ4v) is 1.42. The van der Waals surface area contributed by atoms with Crippen LogP contribution < -0.4 is 5.73 Å². The minimum atomic E-state index is -0.0551. The molecular formula is C8H9BrN4. The van der Waals surface area contributed by atoms with E-state index in [9.17, 15) is 0 Å². The zero-order valence-corrected chi connectivity index (χ0v) is 8.69. The zero-order valence-electron chi connectivity index (χ0n) is 7.11. The largest absolute Gasteiger partial charge is 0.323 e. The number of fused-ring (bicyclic) bond motifs is 1. The summed E-state index contributed by atoms with van der Waals surface area (Å²) in [5, 5.41) is 0. The second kappa shape index (κ2) is 3.08. The van der Waals surface area contributed by atoms with Crippen LogP contribution in [0.1, 0.15) is 18.7 Å². The van der Waals surface area contributed by atoms with Gasteiger partial charge in [-0.1, -0.05) is 0 Å². The molecule has 0 aliphatic carbocycles. The maximum Gasteiger partial charge on any atom is 0.234 e. The molecule has 2 aromatic heterocycles. The molecule has 0 saturated carbocycles. The highest BCUT2D eigenvalue weighted by molar-refractivity contribution is 9.10. The average Bonchev–Trinajstić information content (AvgIpc) is 2.46. The first-order valence-corrected chi connectivity index (χ1v) is 4.72. The van der Waals surface area contributed by atoms with E-state index in [1.165, 1.54) is 0 Å². The van der Waals surface area contributed by atoms with Crippen molar-refractivity contribution in [2.45, 2.75) is 13.0 Å². The number of nitrogens with zero attached hydrogens (tertiary/aromatic N) is 3. The minimum absolute atomic E-state index is 0.0551. The third kappa shape index (κ3) is 1.57. The van der Waals surface area contributed by atoms with Gasteiger partial charge in [-0.15, -0.1) is 0 Å². The van der Waals surface area contributed by atoms with Crippen molar-refractivity contribution >= 4 is 21.7 Å². The maximum atomic E-state index is 5.70. The number of hydrogen-bond donors (Lipinski definition) is 1. The van der Waals surface area contributed by atoms with E-state index in [1.54, 1.807) is 6.20 Å². The Morgan fingerprint density at radius 1 is 1.54 bits per heavy atom. The number of rotatable bonds is 1. The molecule has 0 aliphatic rings. The molecule has 5 heteroatoms. The number of imidazole rings is 1. The van der Waals surface area contributed by atoms with E-state index in [0.717, 1.165) is 10.2 Å². The van der Waals surface area contributed by atoms with E-state index in [2.05, 4.69) is 25.9 Å². The van der Waals surface area contributed by atoms with Gasteiger partial charge in [0.05, 0.1) is 10.2 Å². The van der Waals surface area contributed by atoms with Gasteiger partial charge in [0.2, 0.25) is 5.78 Å². The van der Waals surface area contributed by atoms with E-state index >= 15 is 0 Å². The fraction of sp³-hybridized carbons (Fsp3) is 0.250. The predicted octanol–water partition coefficient (Wildman–Crippen LogP) is 1.51. The van der Waals surface area contributed by atoms with Crippen LogP contribution in [0.4, 0.5) is 0 Å². The van der Waals surface area contributed by atoms with Crippen LogP contribution in [0.2, 0.25) is 0 Å². The SMILES string of the molecule is CC(N)c1cn2cc(Br)cnc2n1.